The maximum absolute atomic E-state index is 12.8. The molecule has 8 nitrogen and oxygen atoms in total. The molecule has 0 unspecified atom stereocenters. The van der Waals surface area contributed by atoms with Crippen molar-refractivity contribution in [2.75, 3.05) is 11.4 Å². The second kappa shape index (κ2) is 9.57. The summed E-state index contributed by atoms with van der Waals surface area (Å²) in [5, 5.41) is 2.13. The van der Waals surface area contributed by atoms with Crippen molar-refractivity contribution in [3.05, 3.63) is 97.0 Å². The standard InChI is InChI=1S/C31H25N5O3S.Pt/c1-31(2,3)20-13-14-32-29(17-20)36-27-8-6-5-7-23(27)24-11-9-22(19-28(24)36)39-21-10-12-26-25(18-21)30-33-15-16-35(30)40(37,38)34(26)4;/h5-17H,1-4H3;/q-2;+2. The van der Waals surface area contributed by atoms with Gasteiger partial charge in [0.25, 0.3) is 0 Å². The molecule has 0 bridgehead atoms. The van der Waals surface area contributed by atoms with Gasteiger partial charge in [-0.2, -0.15) is 14.5 Å². The van der Waals surface area contributed by atoms with E-state index < -0.39 is 10.2 Å². The second-order valence-corrected chi connectivity index (χ2v) is 12.6. The molecule has 6 aromatic rings. The molecule has 41 heavy (non-hydrogen) atoms. The van der Waals surface area contributed by atoms with E-state index in [0.29, 0.717) is 28.6 Å². The zero-order valence-electron chi connectivity index (χ0n) is 22.7. The summed E-state index contributed by atoms with van der Waals surface area (Å²) in [6, 6.07) is 26.4. The molecule has 0 atom stereocenters. The third-order valence-electron chi connectivity index (χ3n) is 7.28. The van der Waals surface area contributed by atoms with E-state index in [1.54, 1.807) is 12.1 Å². The van der Waals surface area contributed by atoms with Gasteiger partial charge < -0.3 is 9.30 Å². The summed E-state index contributed by atoms with van der Waals surface area (Å²) in [5.41, 5.74) is 4.05. The first kappa shape index (κ1) is 27.2. The fourth-order valence-electron chi connectivity index (χ4n) is 5.17. The van der Waals surface area contributed by atoms with Gasteiger partial charge in [0.1, 0.15) is 5.82 Å². The normalized spacial score (nSPS) is 14.0. The molecular formula is C31H25N5O3PtS. The third-order valence-corrected chi connectivity index (χ3v) is 8.96. The summed E-state index contributed by atoms with van der Waals surface area (Å²) in [7, 11) is -2.22. The largest absolute Gasteiger partial charge is 2.00 e. The SMILES string of the molecule is CN1c2ccc(Oc3[c-]c4c(cc3)c3ccccc3n4-c3cc(C(C)(C)C)ccn3)[c-]c2-c2nccn2S1(=O)=O.[Pt+2]. The van der Waals surface area contributed by atoms with Crippen LogP contribution in [0.1, 0.15) is 26.3 Å². The zero-order chi connectivity index (χ0) is 27.8. The van der Waals surface area contributed by atoms with Crippen LogP contribution in [0.4, 0.5) is 5.69 Å². The molecule has 4 heterocycles. The average molecular weight is 743 g/mol. The van der Waals surface area contributed by atoms with Crippen molar-refractivity contribution < 1.29 is 34.2 Å². The molecule has 0 radical (unpaired) electrons. The Hall–Kier alpha value is -3.94. The number of nitrogens with zero attached hydrogens (tertiary/aromatic N) is 5. The van der Waals surface area contributed by atoms with E-state index in [2.05, 4.69) is 66.7 Å². The molecule has 208 valence electrons. The van der Waals surface area contributed by atoms with Crippen LogP contribution in [-0.2, 0) is 36.7 Å². The maximum atomic E-state index is 12.8. The first-order valence-corrected chi connectivity index (χ1v) is 14.2. The van der Waals surface area contributed by atoms with Crippen molar-refractivity contribution >= 4 is 37.7 Å². The first-order chi connectivity index (χ1) is 19.1. The maximum Gasteiger partial charge on any atom is 2.00 e. The minimum atomic E-state index is -3.73. The van der Waals surface area contributed by atoms with E-state index in [1.807, 2.05) is 30.5 Å². The number of benzene rings is 3. The Bertz CT molecular complexity index is 2080. The van der Waals surface area contributed by atoms with Crippen LogP contribution < -0.4 is 9.04 Å². The number of rotatable bonds is 3. The van der Waals surface area contributed by atoms with Gasteiger partial charge in [-0.25, -0.2) is 4.98 Å². The van der Waals surface area contributed by atoms with E-state index in [-0.39, 0.29) is 26.5 Å². The van der Waals surface area contributed by atoms with E-state index in [4.69, 9.17) is 9.72 Å². The topological polar surface area (TPSA) is 82.2 Å². The van der Waals surface area contributed by atoms with Gasteiger partial charge in [0.15, 0.2) is 0 Å². The third kappa shape index (κ3) is 4.26. The molecule has 10 heteroatoms. The molecular weight excluding hydrogens is 718 g/mol. The molecule has 7 rings (SSSR count). The Kier molecular flexibility index (Phi) is 6.36. The van der Waals surface area contributed by atoms with Crippen LogP contribution in [0.5, 0.6) is 11.5 Å². The number of para-hydroxylation sites is 1. The molecule has 0 N–H and O–H groups in total. The minimum absolute atomic E-state index is 0. The van der Waals surface area contributed by atoms with Crippen LogP contribution in [-0.4, -0.2) is 34.0 Å². The number of pyridine rings is 1. The van der Waals surface area contributed by atoms with Crippen LogP contribution >= 0.6 is 0 Å². The van der Waals surface area contributed by atoms with Crippen molar-refractivity contribution in [1.82, 2.24) is 18.5 Å². The molecule has 0 saturated carbocycles. The second-order valence-electron chi connectivity index (χ2n) is 10.8. The zero-order valence-corrected chi connectivity index (χ0v) is 25.8. The Labute approximate surface area is 252 Å². The smallest absolute Gasteiger partial charge is 0.503 e. The Morgan fingerprint density at radius 3 is 2.44 bits per heavy atom. The van der Waals surface area contributed by atoms with Crippen LogP contribution in [0, 0.1) is 12.1 Å². The Morgan fingerprint density at radius 2 is 1.63 bits per heavy atom. The number of imidazole rings is 1. The van der Waals surface area contributed by atoms with Crippen molar-refractivity contribution in [3.8, 4) is 28.7 Å². The molecule has 0 fully saturated rings. The summed E-state index contributed by atoms with van der Waals surface area (Å²) < 4.78 is 36.4. The predicted molar refractivity (Wildman–Crippen MR) is 155 cm³/mol. The van der Waals surface area contributed by atoms with E-state index in [0.717, 1.165) is 31.6 Å². The molecule has 3 aromatic heterocycles. The molecule has 0 aliphatic carbocycles. The van der Waals surface area contributed by atoms with Gasteiger partial charge in [-0.15, -0.1) is 23.6 Å². The fraction of sp³-hybridized carbons (Fsp3) is 0.161. The van der Waals surface area contributed by atoms with E-state index >= 15 is 0 Å². The van der Waals surface area contributed by atoms with Crippen LogP contribution in [0.3, 0.4) is 0 Å². The molecule has 0 spiro atoms. The summed E-state index contributed by atoms with van der Waals surface area (Å²) in [5.74, 6) is 2.03. The molecule has 3 aromatic carbocycles. The van der Waals surface area contributed by atoms with Gasteiger partial charge in [-0.1, -0.05) is 62.2 Å². The molecule has 1 aliphatic rings. The first-order valence-electron chi connectivity index (χ1n) is 12.8. The monoisotopic (exact) mass is 742 g/mol. The summed E-state index contributed by atoms with van der Waals surface area (Å²) in [6.07, 6.45) is 4.73. The van der Waals surface area contributed by atoms with Crippen LogP contribution in [0.2, 0.25) is 0 Å². The number of ether oxygens (including phenoxy) is 1. The molecule has 1 aliphatic heterocycles. The van der Waals surface area contributed by atoms with Crippen LogP contribution in [0.25, 0.3) is 39.0 Å². The van der Waals surface area contributed by atoms with Gasteiger partial charge >= 0.3 is 31.3 Å². The van der Waals surface area contributed by atoms with E-state index in [9.17, 15) is 8.42 Å². The van der Waals surface area contributed by atoms with Crippen molar-refractivity contribution in [3.63, 3.8) is 0 Å². The number of hydrogen-bond donors (Lipinski definition) is 0. The summed E-state index contributed by atoms with van der Waals surface area (Å²) >= 11 is 0. The summed E-state index contributed by atoms with van der Waals surface area (Å²) in [4.78, 5) is 8.99. The minimum Gasteiger partial charge on any atom is -0.503 e. The van der Waals surface area contributed by atoms with Gasteiger partial charge in [-0.05, 0) is 40.3 Å². The Balaban J connectivity index is 0.00000302. The molecule has 0 saturated heterocycles. The van der Waals surface area contributed by atoms with Gasteiger partial charge in [0, 0.05) is 42.7 Å². The van der Waals surface area contributed by atoms with Crippen molar-refractivity contribution in [2.24, 2.45) is 0 Å². The van der Waals surface area contributed by atoms with Gasteiger partial charge in [0.05, 0.1) is 5.82 Å². The van der Waals surface area contributed by atoms with E-state index in [1.165, 1.54) is 29.3 Å². The van der Waals surface area contributed by atoms with Gasteiger partial charge in [0.2, 0.25) is 0 Å². The average Bonchev–Trinajstić information content (AvgIpc) is 3.56. The number of aromatic nitrogens is 4. The number of anilines is 1. The van der Waals surface area contributed by atoms with Gasteiger partial charge in [-0.3, -0.25) is 13.3 Å². The molecule has 0 amide bonds. The van der Waals surface area contributed by atoms with Crippen LogP contribution in [0.15, 0.2) is 79.3 Å². The van der Waals surface area contributed by atoms with Crippen molar-refractivity contribution in [1.29, 1.82) is 0 Å². The summed E-state index contributed by atoms with van der Waals surface area (Å²) in [6.45, 7) is 6.56. The number of fused-ring (bicyclic) bond motifs is 6. The Morgan fingerprint density at radius 1 is 0.878 bits per heavy atom. The quantitative estimate of drug-likeness (QED) is 0.200. The fourth-order valence-corrected chi connectivity index (χ4v) is 6.40. The number of hydrogen-bond acceptors (Lipinski definition) is 5. The predicted octanol–water partition coefficient (Wildman–Crippen LogP) is 6.27. The van der Waals surface area contributed by atoms with Crippen molar-refractivity contribution in [2.45, 2.75) is 26.2 Å².